The minimum atomic E-state index is -3.53. The summed E-state index contributed by atoms with van der Waals surface area (Å²) in [6, 6.07) is 6.35. The van der Waals surface area contributed by atoms with Crippen molar-refractivity contribution < 1.29 is 22.6 Å². The first-order valence-corrected chi connectivity index (χ1v) is 8.82. The van der Waals surface area contributed by atoms with Crippen LogP contribution in [-0.2, 0) is 19.5 Å². The molecule has 0 spiro atoms. The molecule has 1 aliphatic carbocycles. The van der Waals surface area contributed by atoms with Gasteiger partial charge in [0.15, 0.2) is 0 Å². The molecule has 22 heavy (non-hydrogen) atoms. The highest BCUT2D eigenvalue weighted by atomic mass is 32.2. The maximum atomic E-state index is 12.9. The van der Waals surface area contributed by atoms with Gasteiger partial charge in [-0.05, 0) is 37.1 Å². The molecular weight excluding hydrogens is 306 g/mol. The van der Waals surface area contributed by atoms with Crippen LogP contribution < -0.4 is 4.74 Å². The Kier molecular flexibility index (Phi) is 4.40. The highest BCUT2D eigenvalue weighted by Gasteiger charge is 2.47. The molecule has 0 unspecified atom stereocenters. The van der Waals surface area contributed by atoms with Gasteiger partial charge >= 0.3 is 0 Å². The van der Waals surface area contributed by atoms with E-state index in [4.69, 9.17) is 14.2 Å². The first-order valence-electron chi connectivity index (χ1n) is 7.38. The maximum Gasteiger partial charge on any atom is 0.243 e. The summed E-state index contributed by atoms with van der Waals surface area (Å²) >= 11 is 0. The zero-order valence-corrected chi connectivity index (χ0v) is 13.6. The third-order valence-electron chi connectivity index (χ3n) is 4.45. The predicted molar refractivity (Wildman–Crippen MR) is 80.4 cm³/mol. The second-order valence-electron chi connectivity index (χ2n) is 5.55. The van der Waals surface area contributed by atoms with Crippen LogP contribution in [-0.4, -0.2) is 58.3 Å². The lowest BCUT2D eigenvalue weighted by atomic mass is 10.2. The molecule has 2 fully saturated rings. The molecule has 1 saturated heterocycles. The molecule has 0 amide bonds. The molecule has 1 aromatic rings. The van der Waals surface area contributed by atoms with E-state index in [0.717, 1.165) is 12.8 Å². The van der Waals surface area contributed by atoms with Crippen LogP contribution in [0.5, 0.6) is 5.75 Å². The van der Waals surface area contributed by atoms with Crippen molar-refractivity contribution in [3.05, 3.63) is 24.3 Å². The molecule has 1 saturated carbocycles. The molecule has 3 rings (SSSR count). The van der Waals surface area contributed by atoms with Crippen molar-refractivity contribution in [2.45, 2.75) is 36.0 Å². The van der Waals surface area contributed by atoms with Gasteiger partial charge < -0.3 is 14.2 Å². The number of benzene rings is 1. The van der Waals surface area contributed by atoms with E-state index in [1.54, 1.807) is 42.8 Å². The topological polar surface area (TPSA) is 65.1 Å². The van der Waals surface area contributed by atoms with Crippen LogP contribution in [0.15, 0.2) is 29.2 Å². The minimum absolute atomic E-state index is 0.0288. The Balaban J connectivity index is 1.87. The highest BCUT2D eigenvalue weighted by Crippen LogP contribution is 2.35. The molecule has 0 N–H and O–H groups in total. The molecule has 3 atom stereocenters. The van der Waals surface area contributed by atoms with Crippen molar-refractivity contribution in [3.8, 4) is 5.75 Å². The smallest absolute Gasteiger partial charge is 0.243 e. The van der Waals surface area contributed by atoms with Crippen LogP contribution in [0, 0.1) is 0 Å². The van der Waals surface area contributed by atoms with Crippen LogP contribution in [0.2, 0.25) is 0 Å². The monoisotopic (exact) mass is 327 g/mol. The average Bonchev–Trinajstić information content (AvgIpc) is 2.97. The van der Waals surface area contributed by atoms with Gasteiger partial charge in [-0.3, -0.25) is 0 Å². The second-order valence-corrected chi connectivity index (χ2v) is 7.44. The van der Waals surface area contributed by atoms with E-state index < -0.39 is 10.0 Å². The van der Waals surface area contributed by atoms with Crippen LogP contribution in [0.4, 0.5) is 0 Å². The SMILES string of the molecule is COc1ccc(S(=O)(=O)N2CCO[C@H]3[C@H]2CC[C@H]3OC)cc1. The van der Waals surface area contributed by atoms with E-state index in [1.807, 2.05) is 0 Å². The Labute approximate surface area is 131 Å². The Morgan fingerprint density at radius 3 is 2.55 bits per heavy atom. The molecule has 6 nitrogen and oxygen atoms in total. The van der Waals surface area contributed by atoms with Crippen molar-refractivity contribution in [1.29, 1.82) is 0 Å². The van der Waals surface area contributed by atoms with E-state index in [0.29, 0.717) is 18.9 Å². The Hall–Kier alpha value is -1.15. The molecule has 7 heteroatoms. The molecule has 1 aliphatic heterocycles. The van der Waals surface area contributed by atoms with Gasteiger partial charge in [-0.1, -0.05) is 0 Å². The van der Waals surface area contributed by atoms with Gasteiger partial charge in [0.1, 0.15) is 11.9 Å². The number of nitrogens with zero attached hydrogens (tertiary/aromatic N) is 1. The van der Waals surface area contributed by atoms with Gasteiger partial charge in [-0.15, -0.1) is 0 Å². The quantitative estimate of drug-likeness (QED) is 0.833. The molecule has 1 heterocycles. The normalized spacial score (nSPS) is 29.3. The summed E-state index contributed by atoms with van der Waals surface area (Å²) in [6.45, 7) is 0.780. The predicted octanol–water partition coefficient (Wildman–Crippen LogP) is 1.26. The second kappa shape index (κ2) is 6.16. The van der Waals surface area contributed by atoms with Crippen molar-refractivity contribution in [3.63, 3.8) is 0 Å². The summed E-state index contributed by atoms with van der Waals surface area (Å²) in [6.07, 6.45) is 1.38. The maximum absolute atomic E-state index is 12.9. The van der Waals surface area contributed by atoms with Crippen molar-refractivity contribution in [2.24, 2.45) is 0 Å². The number of morpholine rings is 1. The summed E-state index contributed by atoms with van der Waals surface area (Å²) in [5.74, 6) is 0.638. The standard InChI is InChI=1S/C15H21NO5S/c1-19-11-3-5-12(6-4-11)22(17,18)16-9-10-21-15-13(16)7-8-14(15)20-2/h3-6,13-15H,7-10H2,1-2H3/t13-,14-,15+/m1/s1. The Morgan fingerprint density at radius 1 is 1.18 bits per heavy atom. The number of hydrogen-bond donors (Lipinski definition) is 0. The van der Waals surface area contributed by atoms with Crippen molar-refractivity contribution in [1.82, 2.24) is 4.31 Å². The van der Waals surface area contributed by atoms with Crippen LogP contribution >= 0.6 is 0 Å². The van der Waals surface area contributed by atoms with Gasteiger partial charge in [-0.2, -0.15) is 4.31 Å². The Bertz CT molecular complexity index is 615. The molecule has 0 bridgehead atoms. The summed E-state index contributed by atoms with van der Waals surface area (Å²) < 4.78 is 43.6. The fraction of sp³-hybridized carbons (Fsp3) is 0.600. The van der Waals surface area contributed by atoms with Crippen molar-refractivity contribution in [2.75, 3.05) is 27.4 Å². The third-order valence-corrected chi connectivity index (χ3v) is 6.39. The number of fused-ring (bicyclic) bond motifs is 1. The van der Waals surface area contributed by atoms with Crippen molar-refractivity contribution >= 4 is 10.0 Å². The van der Waals surface area contributed by atoms with E-state index >= 15 is 0 Å². The molecular formula is C15H21NO5S. The van der Waals surface area contributed by atoms with Gasteiger partial charge in [0.25, 0.3) is 0 Å². The van der Waals surface area contributed by atoms with E-state index in [9.17, 15) is 8.42 Å². The largest absolute Gasteiger partial charge is 0.497 e. The fourth-order valence-electron chi connectivity index (χ4n) is 3.32. The van der Waals surface area contributed by atoms with E-state index in [2.05, 4.69) is 0 Å². The van der Waals surface area contributed by atoms with Crippen LogP contribution in [0.3, 0.4) is 0 Å². The minimum Gasteiger partial charge on any atom is -0.497 e. The summed E-state index contributed by atoms with van der Waals surface area (Å²) in [5.41, 5.74) is 0. The lowest BCUT2D eigenvalue weighted by molar-refractivity contribution is -0.0848. The van der Waals surface area contributed by atoms with E-state index in [1.165, 1.54) is 0 Å². The lowest BCUT2D eigenvalue weighted by Crippen LogP contribution is -2.53. The molecule has 1 aromatic carbocycles. The van der Waals surface area contributed by atoms with Gasteiger partial charge in [0.05, 0.1) is 30.8 Å². The van der Waals surface area contributed by atoms with Gasteiger partial charge in [-0.25, -0.2) is 8.42 Å². The Morgan fingerprint density at radius 2 is 1.91 bits per heavy atom. The molecule has 0 radical (unpaired) electrons. The van der Waals surface area contributed by atoms with Crippen LogP contribution in [0.1, 0.15) is 12.8 Å². The number of rotatable bonds is 4. The first-order chi connectivity index (χ1) is 10.6. The third kappa shape index (κ3) is 2.62. The fourth-order valence-corrected chi connectivity index (χ4v) is 4.96. The highest BCUT2D eigenvalue weighted by molar-refractivity contribution is 7.89. The average molecular weight is 327 g/mol. The molecule has 2 aliphatic rings. The number of methoxy groups -OCH3 is 2. The number of hydrogen-bond acceptors (Lipinski definition) is 5. The zero-order chi connectivity index (χ0) is 15.7. The molecule has 122 valence electrons. The summed E-state index contributed by atoms with van der Waals surface area (Å²) in [7, 11) is -0.329. The van der Waals surface area contributed by atoms with Gasteiger partial charge in [0, 0.05) is 13.7 Å². The summed E-state index contributed by atoms with van der Waals surface area (Å²) in [4.78, 5) is 0.287. The molecule has 0 aromatic heterocycles. The van der Waals surface area contributed by atoms with Crippen LogP contribution in [0.25, 0.3) is 0 Å². The summed E-state index contributed by atoms with van der Waals surface area (Å²) in [5, 5.41) is 0. The van der Waals surface area contributed by atoms with Gasteiger partial charge in [0.2, 0.25) is 10.0 Å². The van der Waals surface area contributed by atoms with E-state index in [-0.39, 0.29) is 23.1 Å². The lowest BCUT2D eigenvalue weighted by Gasteiger charge is -2.37. The number of ether oxygens (including phenoxy) is 3. The number of sulfonamides is 1. The zero-order valence-electron chi connectivity index (χ0n) is 12.8. The first kappa shape index (κ1) is 15.7.